The standard InChI is InChI=1S/C13H23N5/c1-10(2)18-6-4-17(5-7-18)9-13-15-11(3)8-12(14)16-13/h8,10H,4-7,9H2,1-3H3,(H2,14,15,16). The summed E-state index contributed by atoms with van der Waals surface area (Å²) in [6.07, 6.45) is 0. The molecule has 1 aliphatic rings. The molecule has 2 rings (SSSR count). The molecule has 0 radical (unpaired) electrons. The van der Waals surface area contributed by atoms with E-state index >= 15 is 0 Å². The second kappa shape index (κ2) is 5.63. The third kappa shape index (κ3) is 3.40. The monoisotopic (exact) mass is 249 g/mol. The summed E-state index contributed by atoms with van der Waals surface area (Å²) >= 11 is 0. The van der Waals surface area contributed by atoms with Gasteiger partial charge in [0.15, 0.2) is 0 Å². The Hall–Kier alpha value is -1.20. The van der Waals surface area contributed by atoms with E-state index in [0.717, 1.165) is 44.2 Å². The molecule has 0 bridgehead atoms. The van der Waals surface area contributed by atoms with Crippen molar-refractivity contribution in [1.82, 2.24) is 19.8 Å². The Morgan fingerprint density at radius 3 is 2.44 bits per heavy atom. The normalized spacial score (nSPS) is 18.4. The summed E-state index contributed by atoms with van der Waals surface area (Å²) in [6.45, 7) is 11.7. The summed E-state index contributed by atoms with van der Waals surface area (Å²) in [7, 11) is 0. The smallest absolute Gasteiger partial charge is 0.144 e. The average molecular weight is 249 g/mol. The molecule has 1 saturated heterocycles. The second-order valence-electron chi connectivity index (χ2n) is 5.26. The molecule has 1 aromatic rings. The minimum atomic E-state index is 0.568. The van der Waals surface area contributed by atoms with E-state index in [9.17, 15) is 0 Å². The molecular weight excluding hydrogens is 226 g/mol. The quantitative estimate of drug-likeness (QED) is 0.862. The van der Waals surface area contributed by atoms with Crippen LogP contribution < -0.4 is 5.73 Å². The van der Waals surface area contributed by atoms with Crippen molar-refractivity contribution in [1.29, 1.82) is 0 Å². The van der Waals surface area contributed by atoms with Gasteiger partial charge >= 0.3 is 0 Å². The van der Waals surface area contributed by atoms with E-state index in [0.29, 0.717) is 11.9 Å². The van der Waals surface area contributed by atoms with Gasteiger partial charge in [0, 0.05) is 44.0 Å². The Kier molecular flexibility index (Phi) is 4.14. The van der Waals surface area contributed by atoms with E-state index in [1.807, 2.05) is 6.92 Å². The maximum absolute atomic E-state index is 5.75. The van der Waals surface area contributed by atoms with Crippen molar-refractivity contribution in [3.05, 3.63) is 17.6 Å². The van der Waals surface area contributed by atoms with Crippen molar-refractivity contribution in [2.45, 2.75) is 33.4 Å². The highest BCUT2D eigenvalue weighted by Gasteiger charge is 2.19. The fraction of sp³-hybridized carbons (Fsp3) is 0.692. The summed E-state index contributed by atoms with van der Waals surface area (Å²) in [4.78, 5) is 13.6. The molecular formula is C13H23N5. The minimum Gasteiger partial charge on any atom is -0.384 e. The Labute approximate surface area is 109 Å². The molecule has 5 heteroatoms. The highest BCUT2D eigenvalue weighted by Crippen LogP contribution is 2.09. The van der Waals surface area contributed by atoms with E-state index in [1.165, 1.54) is 0 Å². The van der Waals surface area contributed by atoms with Crippen LogP contribution in [0.4, 0.5) is 5.82 Å². The first kappa shape index (κ1) is 13.2. The summed E-state index contributed by atoms with van der Waals surface area (Å²) in [6, 6.07) is 2.44. The lowest BCUT2D eigenvalue weighted by Crippen LogP contribution is -2.48. The molecule has 5 nitrogen and oxygen atoms in total. The van der Waals surface area contributed by atoms with Crippen LogP contribution in [0.2, 0.25) is 0 Å². The minimum absolute atomic E-state index is 0.568. The first-order valence-electron chi connectivity index (χ1n) is 6.61. The van der Waals surface area contributed by atoms with E-state index in [2.05, 4.69) is 33.6 Å². The van der Waals surface area contributed by atoms with Crippen LogP contribution in [0.5, 0.6) is 0 Å². The van der Waals surface area contributed by atoms with Crippen molar-refractivity contribution in [2.75, 3.05) is 31.9 Å². The number of hydrogen-bond acceptors (Lipinski definition) is 5. The highest BCUT2D eigenvalue weighted by molar-refractivity contribution is 5.29. The van der Waals surface area contributed by atoms with Crippen molar-refractivity contribution < 1.29 is 0 Å². The van der Waals surface area contributed by atoms with Crippen LogP contribution in [0.25, 0.3) is 0 Å². The largest absolute Gasteiger partial charge is 0.384 e. The molecule has 0 amide bonds. The SMILES string of the molecule is Cc1cc(N)nc(CN2CCN(C(C)C)CC2)n1. The van der Waals surface area contributed by atoms with Gasteiger partial charge in [0.2, 0.25) is 0 Å². The molecule has 1 aromatic heterocycles. The van der Waals surface area contributed by atoms with E-state index in [-0.39, 0.29) is 0 Å². The molecule has 0 saturated carbocycles. The Bertz CT molecular complexity index is 376. The Morgan fingerprint density at radius 2 is 1.89 bits per heavy atom. The lowest BCUT2D eigenvalue weighted by Gasteiger charge is -2.36. The van der Waals surface area contributed by atoms with Gasteiger partial charge in [0.05, 0.1) is 6.54 Å². The van der Waals surface area contributed by atoms with Gasteiger partial charge < -0.3 is 5.73 Å². The maximum atomic E-state index is 5.75. The van der Waals surface area contributed by atoms with E-state index in [4.69, 9.17) is 5.73 Å². The second-order valence-corrected chi connectivity index (χ2v) is 5.26. The molecule has 0 aromatic carbocycles. The maximum Gasteiger partial charge on any atom is 0.144 e. The fourth-order valence-electron chi connectivity index (χ4n) is 2.36. The molecule has 0 aliphatic carbocycles. The van der Waals surface area contributed by atoms with Crippen molar-refractivity contribution in [2.24, 2.45) is 0 Å². The number of hydrogen-bond donors (Lipinski definition) is 1. The molecule has 0 spiro atoms. The molecule has 2 N–H and O–H groups in total. The first-order chi connectivity index (χ1) is 8.54. The summed E-state index contributed by atoms with van der Waals surface area (Å²) in [5.41, 5.74) is 6.69. The van der Waals surface area contributed by atoms with Crippen molar-refractivity contribution in [3.8, 4) is 0 Å². The Morgan fingerprint density at radius 1 is 1.22 bits per heavy atom. The lowest BCUT2D eigenvalue weighted by atomic mass is 10.2. The number of nitrogens with zero attached hydrogens (tertiary/aromatic N) is 4. The first-order valence-corrected chi connectivity index (χ1v) is 6.61. The van der Waals surface area contributed by atoms with Gasteiger partial charge in [-0.1, -0.05) is 0 Å². The summed E-state index contributed by atoms with van der Waals surface area (Å²) in [5.74, 6) is 1.41. The van der Waals surface area contributed by atoms with Gasteiger partial charge in [-0.25, -0.2) is 9.97 Å². The van der Waals surface area contributed by atoms with Gasteiger partial charge in [0.25, 0.3) is 0 Å². The van der Waals surface area contributed by atoms with Crippen LogP contribution in [0, 0.1) is 6.92 Å². The van der Waals surface area contributed by atoms with E-state index in [1.54, 1.807) is 6.07 Å². The summed E-state index contributed by atoms with van der Waals surface area (Å²) in [5, 5.41) is 0. The van der Waals surface area contributed by atoms with Crippen LogP contribution in [0.15, 0.2) is 6.07 Å². The number of piperazine rings is 1. The number of rotatable bonds is 3. The van der Waals surface area contributed by atoms with Gasteiger partial charge in [-0.05, 0) is 20.8 Å². The zero-order chi connectivity index (χ0) is 13.1. The molecule has 1 fully saturated rings. The molecule has 18 heavy (non-hydrogen) atoms. The van der Waals surface area contributed by atoms with Gasteiger partial charge in [-0.2, -0.15) is 0 Å². The van der Waals surface area contributed by atoms with Gasteiger partial charge in [-0.15, -0.1) is 0 Å². The molecule has 0 atom stereocenters. The van der Waals surface area contributed by atoms with Crippen molar-refractivity contribution in [3.63, 3.8) is 0 Å². The van der Waals surface area contributed by atoms with Crippen LogP contribution in [-0.2, 0) is 6.54 Å². The number of aryl methyl sites for hydroxylation is 1. The van der Waals surface area contributed by atoms with Gasteiger partial charge in [0.1, 0.15) is 11.6 Å². The number of nitrogen functional groups attached to an aromatic ring is 1. The highest BCUT2D eigenvalue weighted by atomic mass is 15.3. The van der Waals surface area contributed by atoms with Crippen LogP contribution in [-0.4, -0.2) is 52.0 Å². The zero-order valence-corrected chi connectivity index (χ0v) is 11.6. The average Bonchev–Trinajstić information content (AvgIpc) is 2.28. The number of aromatic nitrogens is 2. The predicted octanol–water partition coefficient (Wildman–Crippen LogP) is 0.893. The van der Waals surface area contributed by atoms with E-state index < -0.39 is 0 Å². The number of anilines is 1. The van der Waals surface area contributed by atoms with Crippen molar-refractivity contribution >= 4 is 5.82 Å². The topological polar surface area (TPSA) is 58.3 Å². The third-order valence-electron chi connectivity index (χ3n) is 3.42. The molecule has 0 unspecified atom stereocenters. The molecule has 1 aliphatic heterocycles. The van der Waals surface area contributed by atoms with Crippen LogP contribution >= 0.6 is 0 Å². The Balaban J connectivity index is 1.91. The van der Waals surface area contributed by atoms with Crippen LogP contribution in [0.3, 0.4) is 0 Å². The molecule has 2 heterocycles. The summed E-state index contributed by atoms with van der Waals surface area (Å²) < 4.78 is 0. The zero-order valence-electron chi connectivity index (χ0n) is 11.6. The lowest BCUT2D eigenvalue weighted by molar-refractivity contribution is 0.102. The number of nitrogens with two attached hydrogens (primary N) is 1. The predicted molar refractivity (Wildman–Crippen MR) is 73.2 cm³/mol. The van der Waals surface area contributed by atoms with Gasteiger partial charge in [-0.3, -0.25) is 9.80 Å². The van der Waals surface area contributed by atoms with Crippen LogP contribution in [0.1, 0.15) is 25.4 Å². The molecule has 100 valence electrons. The third-order valence-corrected chi connectivity index (χ3v) is 3.42. The fourth-order valence-corrected chi connectivity index (χ4v) is 2.36.